The molecule has 2 aromatic rings. The smallest absolute Gasteiger partial charge is 0.354 e. The quantitative estimate of drug-likeness (QED) is 0.896. The number of hydrogen-bond acceptors (Lipinski definition) is 5. The molecule has 0 spiro atoms. The Labute approximate surface area is 146 Å². The van der Waals surface area contributed by atoms with Crippen molar-refractivity contribution >= 4 is 5.97 Å². The minimum absolute atomic E-state index is 0.0519. The molecule has 2 unspecified atom stereocenters. The van der Waals surface area contributed by atoms with Crippen molar-refractivity contribution in [1.82, 2.24) is 9.97 Å². The molecule has 1 aliphatic carbocycles. The van der Waals surface area contributed by atoms with Gasteiger partial charge in [0.2, 0.25) is 0 Å². The molecule has 1 fully saturated rings. The molecule has 0 aliphatic heterocycles. The molecule has 0 radical (unpaired) electrons. The number of ether oxygens (including phenoxy) is 1. The van der Waals surface area contributed by atoms with E-state index in [1.807, 2.05) is 24.3 Å². The summed E-state index contributed by atoms with van der Waals surface area (Å²) in [5, 5.41) is 18.2. The molecule has 6 nitrogen and oxygen atoms in total. The Morgan fingerprint density at radius 2 is 2.16 bits per heavy atom. The van der Waals surface area contributed by atoms with E-state index in [0.717, 1.165) is 25.7 Å². The molecule has 3 rings (SSSR count). The summed E-state index contributed by atoms with van der Waals surface area (Å²) in [6, 6.07) is 11.1. The molecular weight excluding hydrogens is 318 g/mol. The lowest BCUT2D eigenvalue weighted by atomic mass is 9.83. The lowest BCUT2D eigenvalue weighted by Gasteiger charge is -2.25. The van der Waals surface area contributed by atoms with Crippen molar-refractivity contribution < 1.29 is 14.6 Å². The first kappa shape index (κ1) is 16.9. The molecule has 25 heavy (non-hydrogen) atoms. The van der Waals surface area contributed by atoms with E-state index in [0.29, 0.717) is 29.7 Å². The van der Waals surface area contributed by atoms with E-state index in [2.05, 4.69) is 16.0 Å². The van der Waals surface area contributed by atoms with Crippen LogP contribution in [0.3, 0.4) is 0 Å². The van der Waals surface area contributed by atoms with Gasteiger partial charge in [-0.1, -0.05) is 18.6 Å². The molecule has 1 aliphatic rings. The van der Waals surface area contributed by atoms with Crippen LogP contribution in [0.1, 0.15) is 36.2 Å². The third-order valence-electron chi connectivity index (χ3n) is 4.44. The van der Waals surface area contributed by atoms with Gasteiger partial charge in [0.15, 0.2) is 11.5 Å². The Kier molecular flexibility index (Phi) is 5.24. The molecule has 0 bridgehead atoms. The highest BCUT2D eigenvalue weighted by molar-refractivity contribution is 5.85. The zero-order chi connectivity index (χ0) is 17.6. The summed E-state index contributed by atoms with van der Waals surface area (Å²) in [5.41, 5.74) is 0.613. The Hall–Kier alpha value is -2.94. The molecule has 1 aromatic carbocycles. The molecule has 1 heterocycles. The first-order valence-corrected chi connectivity index (χ1v) is 8.35. The lowest BCUT2D eigenvalue weighted by Crippen LogP contribution is -2.20. The van der Waals surface area contributed by atoms with Crippen LogP contribution in [-0.2, 0) is 0 Å². The molecule has 1 saturated carbocycles. The fraction of sp³-hybridized carbons (Fsp3) is 0.368. The number of aromatic nitrogens is 2. The number of nitrogens with zero attached hydrogens (tertiary/aromatic N) is 3. The van der Waals surface area contributed by atoms with E-state index in [1.54, 1.807) is 0 Å². The number of para-hydroxylation sites is 1. The molecule has 0 amide bonds. The number of carboxylic acid groups (broad SMARTS) is 1. The van der Waals surface area contributed by atoms with E-state index in [1.165, 1.54) is 12.3 Å². The number of benzene rings is 1. The maximum atomic E-state index is 11.1. The predicted octanol–water partition coefficient (Wildman–Crippen LogP) is 3.55. The van der Waals surface area contributed by atoms with E-state index in [9.17, 15) is 4.79 Å². The second kappa shape index (κ2) is 7.75. The van der Waals surface area contributed by atoms with Crippen molar-refractivity contribution in [3.8, 4) is 23.2 Å². The summed E-state index contributed by atoms with van der Waals surface area (Å²) in [6.07, 6.45) is 5.38. The van der Waals surface area contributed by atoms with E-state index in [4.69, 9.17) is 15.1 Å². The summed E-state index contributed by atoms with van der Waals surface area (Å²) in [5.74, 6) is 0.343. The second-order valence-electron chi connectivity index (χ2n) is 6.24. The summed E-state index contributed by atoms with van der Waals surface area (Å²) < 4.78 is 5.99. The summed E-state index contributed by atoms with van der Waals surface area (Å²) in [4.78, 5) is 19.4. The minimum Gasteiger partial charge on any atom is -0.493 e. The van der Waals surface area contributed by atoms with Crippen LogP contribution in [0.5, 0.6) is 5.75 Å². The van der Waals surface area contributed by atoms with Gasteiger partial charge >= 0.3 is 5.97 Å². The molecule has 1 N–H and O–H groups in total. The van der Waals surface area contributed by atoms with Gasteiger partial charge in [0, 0.05) is 12.1 Å². The Morgan fingerprint density at radius 3 is 2.96 bits per heavy atom. The zero-order valence-electron chi connectivity index (χ0n) is 13.8. The molecule has 1 aromatic heterocycles. The standard InChI is InChI=1S/C19H19N3O3/c20-11-13-4-3-5-14(10-13)12-25-17-7-2-1-6-15(17)18-21-9-8-16(22-18)19(23)24/h1-2,6-9,13-14H,3-5,10,12H2,(H,23,24). The average Bonchev–Trinajstić information content (AvgIpc) is 2.67. The van der Waals surface area contributed by atoms with E-state index < -0.39 is 5.97 Å². The Morgan fingerprint density at radius 1 is 1.32 bits per heavy atom. The molecule has 128 valence electrons. The van der Waals surface area contributed by atoms with Crippen molar-refractivity contribution in [2.45, 2.75) is 25.7 Å². The SMILES string of the molecule is N#CC1CCCC(COc2ccccc2-c2nccc(C(=O)O)n2)C1. The van der Waals surface area contributed by atoms with Crippen LogP contribution in [0.25, 0.3) is 11.4 Å². The number of carboxylic acids is 1. The maximum Gasteiger partial charge on any atom is 0.354 e. The van der Waals surface area contributed by atoms with Crippen molar-refractivity contribution in [2.24, 2.45) is 11.8 Å². The molecular formula is C19H19N3O3. The second-order valence-corrected chi connectivity index (χ2v) is 6.24. The number of hydrogen-bond donors (Lipinski definition) is 1. The van der Waals surface area contributed by atoms with Gasteiger partial charge in [-0.05, 0) is 43.4 Å². The van der Waals surface area contributed by atoms with Crippen LogP contribution in [-0.4, -0.2) is 27.7 Å². The van der Waals surface area contributed by atoms with Crippen molar-refractivity contribution in [2.75, 3.05) is 6.61 Å². The van der Waals surface area contributed by atoms with Gasteiger partial charge in [0.05, 0.1) is 18.2 Å². The van der Waals surface area contributed by atoms with Gasteiger partial charge in [0.25, 0.3) is 0 Å². The van der Waals surface area contributed by atoms with Gasteiger partial charge in [-0.25, -0.2) is 14.8 Å². The highest BCUT2D eigenvalue weighted by Gasteiger charge is 2.22. The molecule has 0 saturated heterocycles. The van der Waals surface area contributed by atoms with Crippen LogP contribution in [0.2, 0.25) is 0 Å². The average molecular weight is 337 g/mol. The summed E-state index contributed by atoms with van der Waals surface area (Å²) >= 11 is 0. The molecule has 6 heteroatoms. The number of nitriles is 1. The maximum absolute atomic E-state index is 11.1. The van der Waals surface area contributed by atoms with Crippen molar-refractivity contribution in [3.05, 3.63) is 42.2 Å². The fourth-order valence-corrected chi connectivity index (χ4v) is 3.15. The predicted molar refractivity (Wildman–Crippen MR) is 91.0 cm³/mol. The monoisotopic (exact) mass is 337 g/mol. The van der Waals surface area contributed by atoms with Crippen LogP contribution in [0, 0.1) is 23.2 Å². The van der Waals surface area contributed by atoms with Crippen LogP contribution in [0.15, 0.2) is 36.5 Å². The lowest BCUT2D eigenvalue weighted by molar-refractivity contribution is 0.0690. The summed E-state index contributed by atoms with van der Waals surface area (Å²) in [7, 11) is 0. The van der Waals surface area contributed by atoms with Crippen molar-refractivity contribution in [3.63, 3.8) is 0 Å². The fourth-order valence-electron chi connectivity index (χ4n) is 3.15. The van der Waals surface area contributed by atoms with E-state index in [-0.39, 0.29) is 11.6 Å². The van der Waals surface area contributed by atoms with Gasteiger partial charge < -0.3 is 9.84 Å². The summed E-state index contributed by atoms with van der Waals surface area (Å²) in [6.45, 7) is 0.536. The topological polar surface area (TPSA) is 96.1 Å². The van der Waals surface area contributed by atoms with Gasteiger partial charge in [-0.15, -0.1) is 0 Å². The van der Waals surface area contributed by atoms with Gasteiger partial charge in [-0.2, -0.15) is 5.26 Å². The number of carbonyl (C=O) groups is 1. The molecule has 2 atom stereocenters. The van der Waals surface area contributed by atoms with Crippen LogP contribution in [0.4, 0.5) is 0 Å². The third-order valence-corrected chi connectivity index (χ3v) is 4.44. The first-order chi connectivity index (χ1) is 12.2. The first-order valence-electron chi connectivity index (χ1n) is 8.35. The third kappa shape index (κ3) is 4.13. The van der Waals surface area contributed by atoms with Gasteiger partial charge in [-0.3, -0.25) is 0 Å². The zero-order valence-corrected chi connectivity index (χ0v) is 13.8. The Bertz CT molecular complexity index is 800. The van der Waals surface area contributed by atoms with Crippen LogP contribution >= 0.6 is 0 Å². The number of aromatic carboxylic acids is 1. The minimum atomic E-state index is -1.09. The van der Waals surface area contributed by atoms with Crippen molar-refractivity contribution in [1.29, 1.82) is 5.26 Å². The van der Waals surface area contributed by atoms with E-state index >= 15 is 0 Å². The van der Waals surface area contributed by atoms with Crippen LogP contribution < -0.4 is 4.74 Å². The number of rotatable bonds is 5. The largest absolute Gasteiger partial charge is 0.493 e. The highest BCUT2D eigenvalue weighted by Crippen LogP contribution is 2.31. The highest BCUT2D eigenvalue weighted by atomic mass is 16.5. The van der Waals surface area contributed by atoms with Gasteiger partial charge in [0.1, 0.15) is 5.75 Å². The normalized spacial score (nSPS) is 19.8. The Balaban J connectivity index is 1.76.